The third kappa shape index (κ3) is 3.87. The molecule has 2 aliphatic heterocycles. The van der Waals surface area contributed by atoms with Gasteiger partial charge in [0.15, 0.2) is 5.75 Å². The third-order valence-corrected chi connectivity index (χ3v) is 7.56. The van der Waals surface area contributed by atoms with Gasteiger partial charge in [0.1, 0.15) is 23.1 Å². The van der Waals surface area contributed by atoms with E-state index in [0.29, 0.717) is 38.3 Å². The van der Waals surface area contributed by atoms with Gasteiger partial charge in [-0.05, 0) is 55.0 Å². The Morgan fingerprint density at radius 3 is 2.34 bits per heavy atom. The lowest BCUT2D eigenvalue weighted by Gasteiger charge is -2.25. The molecule has 0 radical (unpaired) electrons. The highest BCUT2D eigenvalue weighted by atomic mass is 32.2. The highest BCUT2D eigenvalue weighted by Crippen LogP contribution is 2.38. The molecule has 0 N–H and O–H groups in total. The molecule has 0 aromatic heterocycles. The fraction of sp³-hybridized carbons (Fsp3) is 0.208. The molecule has 5 rings (SSSR count). The number of benzene rings is 3. The standard InChI is InChI=1S/C24H22FN3O3S/c25-18-10-12-19(13-11-18)32(29,30)28-15-5-14-27(16-17-28)24-20-6-1-3-8-22(20)31-23-9-4-2-7-21(23)26-24/h1-4,6-13H,5,14-17H2. The summed E-state index contributed by atoms with van der Waals surface area (Å²) >= 11 is 0. The zero-order chi connectivity index (χ0) is 22.1. The van der Waals surface area contributed by atoms with Crippen molar-refractivity contribution in [2.75, 3.05) is 26.2 Å². The number of hydrogen-bond acceptors (Lipinski definition) is 5. The van der Waals surface area contributed by atoms with E-state index in [-0.39, 0.29) is 4.90 Å². The molecule has 2 aliphatic rings. The summed E-state index contributed by atoms with van der Waals surface area (Å²) in [7, 11) is -3.70. The molecule has 3 aromatic rings. The molecule has 0 bridgehead atoms. The largest absolute Gasteiger partial charge is 0.454 e. The van der Waals surface area contributed by atoms with Crippen LogP contribution in [0.15, 0.2) is 82.7 Å². The highest BCUT2D eigenvalue weighted by molar-refractivity contribution is 7.89. The molecule has 3 aromatic carbocycles. The summed E-state index contributed by atoms with van der Waals surface area (Å²) in [4.78, 5) is 7.13. The van der Waals surface area contributed by atoms with Crippen LogP contribution in [0.1, 0.15) is 12.0 Å². The van der Waals surface area contributed by atoms with E-state index in [1.54, 1.807) is 0 Å². The molecule has 8 heteroatoms. The van der Waals surface area contributed by atoms with Crippen LogP contribution in [0, 0.1) is 5.82 Å². The van der Waals surface area contributed by atoms with Crippen LogP contribution in [0.5, 0.6) is 11.5 Å². The van der Waals surface area contributed by atoms with Crippen molar-refractivity contribution >= 4 is 21.5 Å². The molecule has 32 heavy (non-hydrogen) atoms. The van der Waals surface area contributed by atoms with Crippen molar-refractivity contribution in [1.82, 2.24) is 9.21 Å². The maximum Gasteiger partial charge on any atom is 0.243 e. The average Bonchev–Trinajstić information content (AvgIpc) is 3.14. The van der Waals surface area contributed by atoms with Crippen molar-refractivity contribution in [3.8, 4) is 11.5 Å². The Labute approximate surface area is 186 Å². The van der Waals surface area contributed by atoms with Crippen molar-refractivity contribution in [1.29, 1.82) is 0 Å². The molecule has 1 fully saturated rings. The second-order valence-corrected chi connectivity index (χ2v) is 9.64. The number of halogens is 1. The van der Waals surface area contributed by atoms with Crippen LogP contribution < -0.4 is 4.74 Å². The minimum absolute atomic E-state index is 0.104. The molecule has 2 heterocycles. The van der Waals surface area contributed by atoms with Gasteiger partial charge in [-0.3, -0.25) is 0 Å². The summed E-state index contributed by atoms with van der Waals surface area (Å²) in [6.45, 7) is 1.84. The second-order valence-electron chi connectivity index (χ2n) is 7.70. The van der Waals surface area contributed by atoms with Crippen molar-refractivity contribution in [3.63, 3.8) is 0 Å². The molecule has 6 nitrogen and oxygen atoms in total. The van der Waals surface area contributed by atoms with Crippen LogP contribution in [0.2, 0.25) is 0 Å². The molecule has 0 atom stereocenters. The number of nitrogens with zero attached hydrogens (tertiary/aromatic N) is 3. The lowest BCUT2D eigenvalue weighted by molar-refractivity contribution is 0.407. The molecule has 0 saturated carbocycles. The Morgan fingerprint density at radius 2 is 1.53 bits per heavy atom. The van der Waals surface area contributed by atoms with Gasteiger partial charge in [0.25, 0.3) is 0 Å². The minimum Gasteiger partial charge on any atom is -0.454 e. The zero-order valence-corrected chi connectivity index (χ0v) is 18.1. The van der Waals surface area contributed by atoms with Crippen LogP contribution >= 0.6 is 0 Å². The first-order chi connectivity index (χ1) is 15.5. The number of ether oxygens (including phenoxy) is 1. The van der Waals surface area contributed by atoms with Gasteiger partial charge in [-0.1, -0.05) is 24.3 Å². The Morgan fingerprint density at radius 1 is 0.812 bits per heavy atom. The monoisotopic (exact) mass is 451 g/mol. The first kappa shape index (κ1) is 20.7. The van der Waals surface area contributed by atoms with E-state index in [9.17, 15) is 12.8 Å². The summed E-state index contributed by atoms with van der Waals surface area (Å²) < 4.78 is 47.0. The molecule has 1 saturated heterocycles. The van der Waals surface area contributed by atoms with E-state index in [2.05, 4.69) is 4.90 Å². The zero-order valence-electron chi connectivity index (χ0n) is 17.3. The van der Waals surface area contributed by atoms with Crippen LogP contribution in [0.4, 0.5) is 10.1 Å². The maximum absolute atomic E-state index is 13.3. The summed E-state index contributed by atoms with van der Waals surface area (Å²) in [5.74, 6) is 1.71. The lowest BCUT2D eigenvalue weighted by atomic mass is 10.1. The number of aliphatic imine (C=N–C) groups is 1. The first-order valence-corrected chi connectivity index (χ1v) is 11.9. The van der Waals surface area contributed by atoms with E-state index in [4.69, 9.17) is 9.73 Å². The van der Waals surface area contributed by atoms with E-state index < -0.39 is 15.8 Å². The van der Waals surface area contributed by atoms with Gasteiger partial charge in [0, 0.05) is 26.2 Å². The highest BCUT2D eigenvalue weighted by Gasteiger charge is 2.29. The Balaban J connectivity index is 1.45. The summed E-state index contributed by atoms with van der Waals surface area (Å²) in [6, 6.07) is 20.3. The van der Waals surface area contributed by atoms with E-state index >= 15 is 0 Å². The second kappa shape index (κ2) is 8.37. The number of rotatable bonds is 2. The Hall–Kier alpha value is -3.23. The van der Waals surface area contributed by atoms with Gasteiger partial charge in [0.2, 0.25) is 10.0 Å². The van der Waals surface area contributed by atoms with Crippen molar-refractivity contribution < 1.29 is 17.5 Å². The quantitative estimate of drug-likeness (QED) is 0.579. The van der Waals surface area contributed by atoms with Gasteiger partial charge in [-0.25, -0.2) is 17.8 Å². The Bertz CT molecular complexity index is 1280. The molecule has 0 aliphatic carbocycles. The van der Waals surface area contributed by atoms with Crippen molar-refractivity contribution in [2.45, 2.75) is 11.3 Å². The number of sulfonamides is 1. The molecular formula is C24H22FN3O3S. The number of fused-ring (bicyclic) bond motifs is 2. The average molecular weight is 452 g/mol. The number of amidine groups is 1. The maximum atomic E-state index is 13.3. The van der Waals surface area contributed by atoms with Crippen molar-refractivity contribution in [2.24, 2.45) is 4.99 Å². The van der Waals surface area contributed by atoms with Crippen LogP contribution in [-0.4, -0.2) is 49.6 Å². The number of hydrogen-bond donors (Lipinski definition) is 0. The van der Waals surface area contributed by atoms with Crippen LogP contribution in [0.25, 0.3) is 0 Å². The van der Waals surface area contributed by atoms with E-state index in [1.807, 2.05) is 48.5 Å². The lowest BCUT2D eigenvalue weighted by Crippen LogP contribution is -2.37. The van der Waals surface area contributed by atoms with Crippen LogP contribution in [0.3, 0.4) is 0 Å². The smallest absolute Gasteiger partial charge is 0.243 e. The third-order valence-electron chi connectivity index (χ3n) is 5.65. The van der Waals surface area contributed by atoms with E-state index in [1.165, 1.54) is 28.6 Å². The van der Waals surface area contributed by atoms with Crippen LogP contribution in [-0.2, 0) is 10.0 Å². The normalized spacial score (nSPS) is 16.8. The molecule has 0 amide bonds. The summed E-state index contributed by atoms with van der Waals surface area (Å²) in [6.07, 6.45) is 0.643. The predicted octanol–water partition coefficient (Wildman–Crippen LogP) is 4.41. The van der Waals surface area contributed by atoms with Crippen molar-refractivity contribution in [3.05, 3.63) is 84.2 Å². The van der Waals surface area contributed by atoms with Gasteiger partial charge in [0.05, 0.1) is 10.5 Å². The summed E-state index contributed by atoms with van der Waals surface area (Å²) in [5, 5.41) is 0. The van der Waals surface area contributed by atoms with Gasteiger partial charge in [-0.2, -0.15) is 4.31 Å². The predicted molar refractivity (Wildman–Crippen MR) is 121 cm³/mol. The Kier molecular flexibility index (Phi) is 5.40. The van der Waals surface area contributed by atoms with Gasteiger partial charge >= 0.3 is 0 Å². The fourth-order valence-corrected chi connectivity index (χ4v) is 5.48. The number of para-hydroxylation sites is 3. The fourth-order valence-electron chi connectivity index (χ4n) is 4.01. The topological polar surface area (TPSA) is 62.2 Å². The van der Waals surface area contributed by atoms with E-state index in [0.717, 1.165) is 22.8 Å². The molecule has 164 valence electrons. The SMILES string of the molecule is O=S(=O)(c1ccc(F)cc1)N1CCCN(C2=Nc3ccccc3Oc3ccccc32)CC1. The molecule has 0 spiro atoms. The minimum atomic E-state index is -3.70. The first-order valence-electron chi connectivity index (χ1n) is 10.5. The van der Waals surface area contributed by atoms with Gasteiger partial charge < -0.3 is 9.64 Å². The molecule has 0 unspecified atom stereocenters. The molecular weight excluding hydrogens is 429 g/mol. The van der Waals surface area contributed by atoms with Gasteiger partial charge in [-0.15, -0.1) is 0 Å². The summed E-state index contributed by atoms with van der Waals surface area (Å²) in [5.41, 5.74) is 1.61.